The highest BCUT2D eigenvalue weighted by Crippen LogP contribution is 2.40. The fourth-order valence-electron chi connectivity index (χ4n) is 3.90. The highest BCUT2D eigenvalue weighted by molar-refractivity contribution is 5.20. The summed E-state index contributed by atoms with van der Waals surface area (Å²) in [7, 11) is 0. The fraction of sp³-hybridized carbons (Fsp3) is 0.625. The van der Waals surface area contributed by atoms with E-state index in [0.717, 1.165) is 32.0 Å². The molecule has 20 heavy (non-hydrogen) atoms. The Morgan fingerprint density at radius 2 is 2.20 bits per heavy atom. The topological polar surface area (TPSA) is 15.3 Å². The number of likely N-dealkylation sites (tertiary alicyclic amines) is 1. The van der Waals surface area contributed by atoms with Crippen molar-refractivity contribution in [1.29, 1.82) is 0 Å². The van der Waals surface area contributed by atoms with Gasteiger partial charge in [-0.1, -0.05) is 19.9 Å². The van der Waals surface area contributed by atoms with Gasteiger partial charge in [-0.15, -0.1) is 0 Å². The summed E-state index contributed by atoms with van der Waals surface area (Å²) in [5.41, 5.74) is 0.752. The van der Waals surface area contributed by atoms with E-state index in [-0.39, 0.29) is 5.54 Å². The maximum absolute atomic E-state index is 13.9. The van der Waals surface area contributed by atoms with E-state index in [1.165, 1.54) is 6.07 Å². The van der Waals surface area contributed by atoms with Gasteiger partial charge in [0.1, 0.15) is 11.6 Å². The third-order valence-corrected chi connectivity index (χ3v) is 4.62. The molecule has 2 nitrogen and oxygen atoms in total. The van der Waals surface area contributed by atoms with E-state index in [4.69, 9.17) is 0 Å². The summed E-state index contributed by atoms with van der Waals surface area (Å²) < 4.78 is 26.8. The Hall–Kier alpha value is -1.00. The van der Waals surface area contributed by atoms with Gasteiger partial charge in [-0.3, -0.25) is 4.90 Å². The minimum absolute atomic E-state index is 0.152. The first-order valence-electron chi connectivity index (χ1n) is 7.41. The summed E-state index contributed by atoms with van der Waals surface area (Å²) in [6.45, 7) is 6.99. The summed E-state index contributed by atoms with van der Waals surface area (Å²) in [4.78, 5) is 2.39. The molecule has 0 aliphatic carbocycles. The zero-order valence-electron chi connectivity index (χ0n) is 12.1. The number of rotatable bonds is 4. The van der Waals surface area contributed by atoms with Gasteiger partial charge in [0.2, 0.25) is 0 Å². The van der Waals surface area contributed by atoms with Crippen LogP contribution in [0.5, 0.6) is 0 Å². The van der Waals surface area contributed by atoms with Gasteiger partial charge in [-0.25, -0.2) is 8.78 Å². The second kappa shape index (κ2) is 5.08. The molecule has 110 valence electrons. The van der Waals surface area contributed by atoms with Crippen LogP contribution >= 0.6 is 0 Å². The number of piperazine rings is 1. The lowest BCUT2D eigenvalue weighted by molar-refractivity contribution is 0.0961. The third kappa shape index (κ3) is 2.47. The van der Waals surface area contributed by atoms with E-state index in [9.17, 15) is 8.78 Å². The van der Waals surface area contributed by atoms with Crippen molar-refractivity contribution in [3.05, 3.63) is 35.4 Å². The largest absolute Gasteiger partial charge is 0.311 e. The number of halogens is 2. The maximum atomic E-state index is 13.9. The lowest BCUT2D eigenvalue weighted by atomic mass is 9.87. The average Bonchev–Trinajstić information content (AvgIpc) is 2.88. The first kappa shape index (κ1) is 14.0. The number of benzene rings is 1. The van der Waals surface area contributed by atoms with Crippen molar-refractivity contribution in [1.82, 2.24) is 10.2 Å². The van der Waals surface area contributed by atoms with E-state index < -0.39 is 11.6 Å². The Bertz CT molecular complexity index is 503. The fourth-order valence-corrected chi connectivity index (χ4v) is 3.90. The Kier molecular flexibility index (Phi) is 3.55. The van der Waals surface area contributed by atoms with Crippen LogP contribution in [0.2, 0.25) is 0 Å². The molecule has 4 heteroatoms. The molecule has 2 fully saturated rings. The number of hydrogen-bond acceptors (Lipinski definition) is 2. The van der Waals surface area contributed by atoms with E-state index in [1.807, 2.05) is 0 Å². The highest BCUT2D eigenvalue weighted by Gasteiger charge is 2.50. The molecule has 0 aromatic heterocycles. The number of fused-ring (bicyclic) bond motifs is 2. The summed E-state index contributed by atoms with van der Waals surface area (Å²) in [6, 6.07) is 4.43. The quantitative estimate of drug-likeness (QED) is 0.912. The van der Waals surface area contributed by atoms with Gasteiger partial charge in [-0.2, -0.15) is 0 Å². The van der Waals surface area contributed by atoms with Crippen molar-refractivity contribution in [2.75, 3.05) is 13.1 Å². The van der Waals surface area contributed by atoms with Gasteiger partial charge in [0.25, 0.3) is 0 Å². The van der Waals surface area contributed by atoms with Gasteiger partial charge in [0.15, 0.2) is 0 Å². The van der Waals surface area contributed by atoms with Crippen molar-refractivity contribution < 1.29 is 8.78 Å². The summed E-state index contributed by atoms with van der Waals surface area (Å²) in [6.07, 6.45) is 2.27. The molecular formula is C16H22F2N2. The third-order valence-electron chi connectivity index (χ3n) is 4.62. The van der Waals surface area contributed by atoms with Crippen LogP contribution in [0.25, 0.3) is 0 Å². The number of nitrogens with zero attached hydrogens (tertiary/aromatic N) is 1. The Labute approximate surface area is 119 Å². The average molecular weight is 280 g/mol. The molecule has 2 atom stereocenters. The zero-order valence-corrected chi connectivity index (χ0v) is 12.1. The van der Waals surface area contributed by atoms with Gasteiger partial charge < -0.3 is 5.32 Å². The van der Waals surface area contributed by atoms with Crippen LogP contribution < -0.4 is 5.32 Å². The summed E-state index contributed by atoms with van der Waals surface area (Å²) in [5, 5.41) is 3.55. The molecule has 1 N–H and O–H groups in total. The molecule has 0 spiro atoms. The smallest absolute Gasteiger partial charge is 0.130 e. The molecule has 0 radical (unpaired) electrons. The minimum Gasteiger partial charge on any atom is -0.311 e. The molecule has 3 rings (SSSR count). The standard InChI is InChI=1S/C16H22F2N2/c1-11(2)6-16-7-14(19-10-16)9-20(16)8-12-3-4-13(17)5-15(12)18/h3-5,11,14,19H,6-10H2,1-2H3/t14-,16-/m0/s1. The van der Waals surface area contributed by atoms with Crippen LogP contribution in [-0.2, 0) is 6.54 Å². The van der Waals surface area contributed by atoms with E-state index in [1.54, 1.807) is 6.07 Å². The van der Waals surface area contributed by atoms with E-state index >= 15 is 0 Å². The Morgan fingerprint density at radius 3 is 2.85 bits per heavy atom. The first-order valence-corrected chi connectivity index (χ1v) is 7.41. The van der Waals surface area contributed by atoms with Gasteiger partial charge in [-0.05, 0) is 24.8 Å². The van der Waals surface area contributed by atoms with Crippen LogP contribution in [0.1, 0.15) is 32.3 Å². The summed E-state index contributed by atoms with van der Waals surface area (Å²) >= 11 is 0. The zero-order chi connectivity index (χ0) is 14.3. The highest BCUT2D eigenvalue weighted by atomic mass is 19.1. The normalized spacial score (nSPS) is 29.6. The van der Waals surface area contributed by atoms with Crippen LogP contribution in [0.4, 0.5) is 8.78 Å². The van der Waals surface area contributed by atoms with Crippen molar-refractivity contribution in [3.8, 4) is 0 Å². The van der Waals surface area contributed by atoms with Crippen molar-refractivity contribution in [2.24, 2.45) is 5.92 Å². The maximum Gasteiger partial charge on any atom is 0.130 e. The molecular weight excluding hydrogens is 258 g/mol. The van der Waals surface area contributed by atoms with Crippen LogP contribution in [0.3, 0.4) is 0 Å². The monoisotopic (exact) mass is 280 g/mol. The molecule has 1 aromatic carbocycles. The summed E-state index contributed by atoms with van der Waals surface area (Å²) in [5.74, 6) is -0.317. The second-order valence-corrected chi connectivity index (χ2v) is 6.72. The Balaban J connectivity index is 1.79. The van der Waals surface area contributed by atoms with Gasteiger partial charge in [0, 0.05) is 42.8 Å². The molecule has 0 saturated carbocycles. The van der Waals surface area contributed by atoms with E-state index in [0.29, 0.717) is 24.1 Å². The van der Waals surface area contributed by atoms with E-state index in [2.05, 4.69) is 24.1 Å². The number of nitrogens with one attached hydrogen (secondary N) is 1. The molecule has 2 saturated heterocycles. The lowest BCUT2D eigenvalue weighted by Gasteiger charge is -2.40. The molecule has 1 aromatic rings. The predicted octanol–water partition coefficient (Wildman–Crippen LogP) is 2.93. The van der Waals surface area contributed by atoms with Gasteiger partial charge >= 0.3 is 0 Å². The van der Waals surface area contributed by atoms with Crippen molar-refractivity contribution in [2.45, 2.75) is 44.8 Å². The lowest BCUT2D eigenvalue weighted by Crippen LogP contribution is -2.52. The number of hydrogen-bond donors (Lipinski definition) is 1. The van der Waals surface area contributed by atoms with Crippen LogP contribution in [0.15, 0.2) is 18.2 Å². The van der Waals surface area contributed by atoms with Crippen LogP contribution in [-0.4, -0.2) is 29.6 Å². The molecule has 0 unspecified atom stereocenters. The van der Waals surface area contributed by atoms with Crippen LogP contribution in [0, 0.1) is 17.6 Å². The predicted molar refractivity (Wildman–Crippen MR) is 75.4 cm³/mol. The SMILES string of the molecule is CC(C)C[C@]12CN[C@H](CN1Cc1ccc(F)cc1F)C2. The molecule has 0 amide bonds. The van der Waals surface area contributed by atoms with Gasteiger partial charge in [0.05, 0.1) is 0 Å². The first-order chi connectivity index (χ1) is 9.48. The van der Waals surface area contributed by atoms with Crippen molar-refractivity contribution in [3.63, 3.8) is 0 Å². The molecule has 2 heterocycles. The minimum atomic E-state index is -0.507. The second-order valence-electron chi connectivity index (χ2n) is 6.72. The van der Waals surface area contributed by atoms with Crippen molar-refractivity contribution >= 4 is 0 Å². The molecule has 2 aliphatic heterocycles. The molecule has 2 bridgehead atoms. The molecule has 2 aliphatic rings. The Morgan fingerprint density at radius 1 is 1.40 bits per heavy atom.